The summed E-state index contributed by atoms with van der Waals surface area (Å²) in [5, 5.41) is 17.4. The Morgan fingerprint density at radius 3 is 3.00 bits per heavy atom. The molecule has 2 heterocycles. The monoisotopic (exact) mass is 323 g/mol. The van der Waals surface area contributed by atoms with Crippen LogP contribution in [0.5, 0.6) is 5.75 Å². The smallest absolute Gasteiger partial charge is 0.253 e. The summed E-state index contributed by atoms with van der Waals surface area (Å²) in [7, 11) is 0. The van der Waals surface area contributed by atoms with E-state index in [4.69, 9.17) is 0 Å². The van der Waals surface area contributed by atoms with E-state index in [1.165, 1.54) is 6.33 Å². The van der Waals surface area contributed by atoms with Crippen LogP contribution in [0.2, 0.25) is 0 Å². The number of carbonyl (C=O) groups excluding carboxylic acids is 1. The first-order valence-electron chi connectivity index (χ1n) is 7.89. The second-order valence-corrected chi connectivity index (χ2v) is 6.23. The predicted octanol–water partition coefficient (Wildman–Crippen LogP) is 1.74. The number of phenols is 1. The number of fused-ring (bicyclic) bond motifs is 1. The minimum absolute atomic E-state index is 0.110. The van der Waals surface area contributed by atoms with Gasteiger partial charge in [-0.2, -0.15) is 5.10 Å². The van der Waals surface area contributed by atoms with Crippen LogP contribution < -0.4 is 5.32 Å². The van der Waals surface area contributed by atoms with Crippen LogP contribution in [0.25, 0.3) is 10.9 Å². The molecule has 2 aromatic heterocycles. The summed E-state index contributed by atoms with van der Waals surface area (Å²) in [5.74, 6) is 0.580. The fourth-order valence-electron chi connectivity index (χ4n) is 3.10. The second-order valence-electron chi connectivity index (χ2n) is 6.23. The van der Waals surface area contributed by atoms with Crippen LogP contribution in [0.3, 0.4) is 0 Å². The third kappa shape index (κ3) is 2.92. The molecule has 1 saturated carbocycles. The molecule has 0 radical (unpaired) electrons. The number of hydrogen-bond acceptors (Lipinski definition) is 5. The van der Waals surface area contributed by atoms with Gasteiger partial charge in [0.15, 0.2) is 0 Å². The van der Waals surface area contributed by atoms with Gasteiger partial charge in [0.25, 0.3) is 5.91 Å². The van der Waals surface area contributed by atoms with Crippen molar-refractivity contribution in [2.45, 2.75) is 25.4 Å². The lowest BCUT2D eigenvalue weighted by atomic mass is 9.80. The van der Waals surface area contributed by atoms with Gasteiger partial charge >= 0.3 is 0 Å². The van der Waals surface area contributed by atoms with Crippen LogP contribution >= 0.6 is 0 Å². The summed E-state index contributed by atoms with van der Waals surface area (Å²) in [4.78, 5) is 20.5. The van der Waals surface area contributed by atoms with Gasteiger partial charge in [0, 0.05) is 30.2 Å². The highest BCUT2D eigenvalue weighted by molar-refractivity contribution is 5.97. The van der Waals surface area contributed by atoms with Crippen molar-refractivity contribution in [1.82, 2.24) is 25.1 Å². The number of nitrogens with zero attached hydrogens (tertiary/aromatic N) is 4. The van der Waals surface area contributed by atoms with Gasteiger partial charge in [-0.05, 0) is 37.0 Å². The van der Waals surface area contributed by atoms with Crippen molar-refractivity contribution in [1.29, 1.82) is 0 Å². The molecular weight excluding hydrogens is 306 g/mol. The minimum Gasteiger partial charge on any atom is -0.508 e. The quantitative estimate of drug-likeness (QED) is 0.763. The van der Waals surface area contributed by atoms with E-state index in [9.17, 15) is 9.90 Å². The first kappa shape index (κ1) is 14.6. The number of aromatic nitrogens is 4. The van der Waals surface area contributed by atoms with Crippen LogP contribution in [0, 0.1) is 5.92 Å². The molecule has 7 nitrogen and oxygen atoms in total. The highest BCUT2D eigenvalue weighted by atomic mass is 16.3. The normalized spacial score (nSPS) is 19.8. The lowest BCUT2D eigenvalue weighted by Crippen LogP contribution is -2.45. The molecule has 1 aliphatic carbocycles. The Balaban J connectivity index is 1.36. The van der Waals surface area contributed by atoms with E-state index in [0.717, 1.165) is 24.8 Å². The lowest BCUT2D eigenvalue weighted by molar-refractivity contribution is 0.0879. The molecule has 1 aliphatic rings. The van der Waals surface area contributed by atoms with Crippen molar-refractivity contribution in [2.75, 3.05) is 0 Å². The second kappa shape index (κ2) is 5.92. The molecular formula is C17H17N5O2. The first-order chi connectivity index (χ1) is 11.7. The van der Waals surface area contributed by atoms with Gasteiger partial charge < -0.3 is 10.4 Å². The van der Waals surface area contributed by atoms with E-state index in [-0.39, 0.29) is 17.7 Å². The molecule has 0 spiro atoms. The number of hydrogen-bond donors (Lipinski definition) is 2. The molecule has 7 heteroatoms. The molecule has 3 aromatic rings. The molecule has 24 heavy (non-hydrogen) atoms. The maximum absolute atomic E-state index is 12.4. The van der Waals surface area contributed by atoms with Crippen LogP contribution in [0.1, 0.15) is 23.2 Å². The lowest BCUT2D eigenvalue weighted by Gasteiger charge is -2.35. The number of nitrogens with one attached hydrogen (secondary N) is 1. The number of pyridine rings is 1. The molecule has 1 aromatic carbocycles. The standard InChI is InChI=1S/C17H17N5O2/c23-15-2-1-12-5-13(7-19-16(12)6-15)17(24)21-14-3-11(4-14)8-22-10-18-9-20-22/h1-2,5-7,9-11,14,23H,3-4,8H2,(H,21,24). The summed E-state index contributed by atoms with van der Waals surface area (Å²) in [6.45, 7) is 0.841. The Kier molecular flexibility index (Phi) is 3.60. The third-order valence-electron chi connectivity index (χ3n) is 4.41. The molecule has 4 rings (SSSR count). The van der Waals surface area contributed by atoms with Crippen LogP contribution in [-0.2, 0) is 6.54 Å². The Bertz CT molecular complexity index is 872. The summed E-state index contributed by atoms with van der Waals surface area (Å²) in [6, 6.07) is 6.92. The number of phenolic OH excluding ortho intramolecular Hbond substituents is 1. The van der Waals surface area contributed by atoms with Crippen molar-refractivity contribution in [2.24, 2.45) is 5.92 Å². The van der Waals surface area contributed by atoms with Gasteiger partial charge in [0.1, 0.15) is 18.4 Å². The molecule has 0 unspecified atom stereocenters. The molecule has 122 valence electrons. The molecule has 2 N–H and O–H groups in total. The largest absolute Gasteiger partial charge is 0.508 e. The number of benzene rings is 1. The van der Waals surface area contributed by atoms with Gasteiger partial charge in [-0.3, -0.25) is 14.5 Å². The maximum Gasteiger partial charge on any atom is 0.253 e. The Morgan fingerprint density at radius 1 is 1.33 bits per heavy atom. The summed E-state index contributed by atoms with van der Waals surface area (Å²) >= 11 is 0. The van der Waals surface area contributed by atoms with E-state index in [2.05, 4.69) is 20.4 Å². The zero-order valence-electron chi connectivity index (χ0n) is 13.0. The van der Waals surface area contributed by atoms with Gasteiger partial charge in [-0.15, -0.1) is 0 Å². The van der Waals surface area contributed by atoms with Crippen molar-refractivity contribution in [3.63, 3.8) is 0 Å². The topological polar surface area (TPSA) is 92.9 Å². The summed E-state index contributed by atoms with van der Waals surface area (Å²) < 4.78 is 1.82. The maximum atomic E-state index is 12.4. The van der Waals surface area contributed by atoms with Gasteiger partial charge in [0.05, 0.1) is 11.1 Å². The Hall–Kier alpha value is -2.96. The fourth-order valence-corrected chi connectivity index (χ4v) is 3.10. The van der Waals surface area contributed by atoms with E-state index in [0.29, 0.717) is 17.0 Å². The molecule has 0 aliphatic heterocycles. The third-order valence-corrected chi connectivity index (χ3v) is 4.41. The summed E-state index contributed by atoms with van der Waals surface area (Å²) in [6.07, 6.45) is 6.68. The zero-order chi connectivity index (χ0) is 16.5. The minimum atomic E-state index is -0.110. The number of rotatable bonds is 4. The number of carbonyl (C=O) groups is 1. The number of amides is 1. The van der Waals surface area contributed by atoms with Crippen LogP contribution in [-0.4, -0.2) is 36.8 Å². The van der Waals surface area contributed by atoms with Gasteiger partial charge in [-0.1, -0.05) is 0 Å². The SMILES string of the molecule is O=C(NC1CC(Cn2cncn2)C1)c1cnc2cc(O)ccc2c1. The predicted molar refractivity (Wildman–Crippen MR) is 87.4 cm³/mol. The highest BCUT2D eigenvalue weighted by Gasteiger charge is 2.30. The van der Waals surface area contributed by atoms with Gasteiger partial charge in [0.2, 0.25) is 0 Å². The van der Waals surface area contributed by atoms with Crippen molar-refractivity contribution >= 4 is 16.8 Å². The fraction of sp³-hybridized carbons (Fsp3) is 0.294. The summed E-state index contributed by atoms with van der Waals surface area (Å²) in [5.41, 5.74) is 1.20. The highest BCUT2D eigenvalue weighted by Crippen LogP contribution is 2.29. The van der Waals surface area contributed by atoms with E-state index in [1.54, 1.807) is 36.8 Å². The molecule has 0 bridgehead atoms. The molecule has 0 saturated heterocycles. The Labute approximate surface area is 138 Å². The molecule has 1 fully saturated rings. The van der Waals surface area contributed by atoms with Crippen molar-refractivity contribution in [3.05, 3.63) is 48.7 Å². The average molecular weight is 323 g/mol. The Morgan fingerprint density at radius 2 is 2.21 bits per heavy atom. The van der Waals surface area contributed by atoms with Gasteiger partial charge in [-0.25, -0.2) is 4.98 Å². The van der Waals surface area contributed by atoms with Crippen LogP contribution in [0.15, 0.2) is 43.1 Å². The van der Waals surface area contributed by atoms with Crippen molar-refractivity contribution < 1.29 is 9.90 Å². The molecule has 1 amide bonds. The van der Waals surface area contributed by atoms with E-state index < -0.39 is 0 Å². The van der Waals surface area contributed by atoms with Crippen molar-refractivity contribution in [3.8, 4) is 5.75 Å². The van der Waals surface area contributed by atoms with E-state index in [1.807, 2.05) is 4.68 Å². The van der Waals surface area contributed by atoms with E-state index >= 15 is 0 Å². The van der Waals surface area contributed by atoms with Crippen LogP contribution in [0.4, 0.5) is 0 Å². The number of aromatic hydroxyl groups is 1. The molecule has 0 atom stereocenters. The first-order valence-corrected chi connectivity index (χ1v) is 7.89. The average Bonchev–Trinajstić information content (AvgIpc) is 3.05. The zero-order valence-corrected chi connectivity index (χ0v) is 13.0.